The van der Waals surface area contributed by atoms with Crippen molar-refractivity contribution in [3.63, 3.8) is 0 Å². The van der Waals surface area contributed by atoms with Crippen LogP contribution < -0.4 is 5.32 Å². The van der Waals surface area contributed by atoms with Gasteiger partial charge in [-0.3, -0.25) is 5.32 Å². The van der Waals surface area contributed by atoms with Crippen LogP contribution in [0, 0.1) is 0 Å². The van der Waals surface area contributed by atoms with Gasteiger partial charge in [0.15, 0.2) is 0 Å². The number of ether oxygens (including phenoxy) is 1. The van der Waals surface area contributed by atoms with Gasteiger partial charge < -0.3 is 9.84 Å². The first-order valence-electron chi connectivity index (χ1n) is 5.32. The van der Waals surface area contributed by atoms with Gasteiger partial charge in [-0.15, -0.1) is 0 Å². The Morgan fingerprint density at radius 1 is 1.50 bits per heavy atom. The van der Waals surface area contributed by atoms with Crippen LogP contribution >= 0.6 is 27.5 Å². The summed E-state index contributed by atoms with van der Waals surface area (Å²) in [6, 6.07) is 3.33. The molecule has 0 radical (unpaired) electrons. The summed E-state index contributed by atoms with van der Waals surface area (Å²) < 4.78 is 5.80. The molecule has 1 aromatic rings. The van der Waals surface area contributed by atoms with E-state index in [1.165, 1.54) is 0 Å². The Morgan fingerprint density at radius 2 is 2.11 bits per heavy atom. The Balaban J connectivity index is 2.97. The number of carbonyl (C=O) groups excluding carboxylic acids is 1. The molecule has 0 spiro atoms. The Bertz CT molecular complexity index is 457. The maximum atomic E-state index is 11.7. The molecule has 0 atom stereocenters. The topological polar surface area (TPSA) is 58.6 Å². The van der Waals surface area contributed by atoms with E-state index in [1.54, 1.807) is 32.9 Å². The molecular formula is C12H15BrClNO3. The van der Waals surface area contributed by atoms with E-state index in [0.717, 1.165) is 0 Å². The number of amides is 1. The van der Waals surface area contributed by atoms with Crippen molar-refractivity contribution in [2.24, 2.45) is 0 Å². The summed E-state index contributed by atoms with van der Waals surface area (Å²) in [6.45, 7) is 5.05. The average molecular weight is 337 g/mol. The Kier molecular flexibility index (Phi) is 5.01. The maximum Gasteiger partial charge on any atom is 0.412 e. The third-order valence-corrected chi connectivity index (χ3v) is 3.05. The predicted molar refractivity (Wildman–Crippen MR) is 74.9 cm³/mol. The summed E-state index contributed by atoms with van der Waals surface area (Å²) >= 11 is 9.28. The van der Waals surface area contributed by atoms with E-state index in [4.69, 9.17) is 16.3 Å². The van der Waals surface area contributed by atoms with Crippen molar-refractivity contribution >= 4 is 39.3 Å². The van der Waals surface area contributed by atoms with Crippen LogP contribution in [0.5, 0.6) is 0 Å². The van der Waals surface area contributed by atoms with Crippen molar-refractivity contribution < 1.29 is 14.6 Å². The molecule has 0 fully saturated rings. The van der Waals surface area contributed by atoms with Crippen molar-refractivity contribution in [3.05, 3.63) is 27.2 Å². The average Bonchev–Trinajstić information content (AvgIpc) is 2.21. The van der Waals surface area contributed by atoms with Crippen LogP contribution in [0.15, 0.2) is 16.6 Å². The molecule has 0 saturated heterocycles. The van der Waals surface area contributed by atoms with Gasteiger partial charge in [0, 0.05) is 10.0 Å². The molecule has 0 aliphatic rings. The fraction of sp³-hybridized carbons (Fsp3) is 0.417. The molecule has 100 valence electrons. The number of halogens is 2. The number of rotatable bonds is 2. The maximum absolute atomic E-state index is 11.7. The molecule has 1 rings (SSSR count). The van der Waals surface area contributed by atoms with Crippen LogP contribution in [0.25, 0.3) is 0 Å². The first-order valence-corrected chi connectivity index (χ1v) is 6.49. The molecule has 18 heavy (non-hydrogen) atoms. The van der Waals surface area contributed by atoms with Gasteiger partial charge >= 0.3 is 6.09 Å². The highest BCUT2D eigenvalue weighted by atomic mass is 79.9. The van der Waals surface area contributed by atoms with E-state index < -0.39 is 11.7 Å². The molecule has 6 heteroatoms. The molecule has 1 aromatic carbocycles. The molecule has 1 amide bonds. The van der Waals surface area contributed by atoms with Crippen LogP contribution in [-0.4, -0.2) is 16.8 Å². The molecule has 0 aliphatic heterocycles. The molecular weight excluding hydrogens is 321 g/mol. The van der Waals surface area contributed by atoms with Crippen LogP contribution in [0.2, 0.25) is 5.02 Å². The summed E-state index contributed by atoms with van der Waals surface area (Å²) in [6.07, 6.45) is -0.614. The van der Waals surface area contributed by atoms with Crippen molar-refractivity contribution in [3.8, 4) is 0 Å². The summed E-state index contributed by atoms with van der Waals surface area (Å²) in [5.74, 6) is 0. The van der Waals surface area contributed by atoms with E-state index in [2.05, 4.69) is 21.2 Å². The van der Waals surface area contributed by atoms with Crippen molar-refractivity contribution in [1.29, 1.82) is 0 Å². The Labute approximate surface area is 119 Å². The second-order valence-electron chi connectivity index (χ2n) is 4.67. The number of aliphatic hydroxyl groups excluding tert-OH is 1. The highest BCUT2D eigenvalue weighted by molar-refractivity contribution is 9.10. The standard InChI is InChI=1S/C12H15BrClNO3/c1-12(2,3)18-11(17)15-10-7(6-16)8(13)4-5-9(10)14/h4-5,16H,6H2,1-3H3,(H,15,17). The zero-order valence-electron chi connectivity index (χ0n) is 10.4. The van der Waals surface area contributed by atoms with Gasteiger partial charge in [0.05, 0.1) is 17.3 Å². The van der Waals surface area contributed by atoms with Gasteiger partial charge in [-0.2, -0.15) is 0 Å². The van der Waals surface area contributed by atoms with Crippen LogP contribution in [0.4, 0.5) is 10.5 Å². The smallest absolute Gasteiger partial charge is 0.412 e. The molecule has 2 N–H and O–H groups in total. The lowest BCUT2D eigenvalue weighted by molar-refractivity contribution is 0.0635. The normalized spacial score (nSPS) is 11.2. The number of carbonyl (C=O) groups is 1. The van der Waals surface area contributed by atoms with Crippen molar-refractivity contribution in [2.45, 2.75) is 33.0 Å². The van der Waals surface area contributed by atoms with Gasteiger partial charge in [0.25, 0.3) is 0 Å². The second-order valence-corrected chi connectivity index (χ2v) is 5.93. The van der Waals surface area contributed by atoms with Crippen molar-refractivity contribution in [1.82, 2.24) is 0 Å². The van der Waals surface area contributed by atoms with Gasteiger partial charge in [0.1, 0.15) is 5.60 Å². The van der Waals surface area contributed by atoms with Gasteiger partial charge in [-0.05, 0) is 32.9 Å². The number of anilines is 1. The zero-order valence-corrected chi connectivity index (χ0v) is 12.7. The first kappa shape index (κ1) is 15.3. The fourth-order valence-electron chi connectivity index (χ4n) is 1.29. The van der Waals surface area contributed by atoms with E-state index in [9.17, 15) is 9.90 Å². The number of hydrogen-bond acceptors (Lipinski definition) is 3. The van der Waals surface area contributed by atoms with E-state index in [1.807, 2.05) is 0 Å². The lowest BCUT2D eigenvalue weighted by Crippen LogP contribution is -2.27. The summed E-state index contributed by atoms with van der Waals surface area (Å²) in [4.78, 5) is 11.7. The minimum atomic E-state index is -0.614. The Morgan fingerprint density at radius 3 is 2.61 bits per heavy atom. The lowest BCUT2D eigenvalue weighted by Gasteiger charge is -2.21. The van der Waals surface area contributed by atoms with E-state index in [-0.39, 0.29) is 6.61 Å². The zero-order chi connectivity index (χ0) is 13.9. The first-order chi connectivity index (χ1) is 8.24. The van der Waals surface area contributed by atoms with Gasteiger partial charge in [-0.25, -0.2) is 4.79 Å². The third kappa shape index (κ3) is 4.15. The highest BCUT2D eigenvalue weighted by Crippen LogP contribution is 2.32. The summed E-state index contributed by atoms with van der Waals surface area (Å²) in [5, 5.41) is 12.2. The third-order valence-electron chi connectivity index (χ3n) is 1.99. The number of hydrogen-bond donors (Lipinski definition) is 2. The fourth-order valence-corrected chi connectivity index (χ4v) is 1.97. The van der Waals surface area contributed by atoms with Gasteiger partial charge in [0.2, 0.25) is 0 Å². The van der Waals surface area contributed by atoms with Crippen LogP contribution in [-0.2, 0) is 11.3 Å². The number of aliphatic hydroxyl groups is 1. The van der Waals surface area contributed by atoms with Crippen LogP contribution in [0.3, 0.4) is 0 Å². The molecule has 0 heterocycles. The molecule has 0 bridgehead atoms. The Hall–Kier alpha value is -0.780. The number of nitrogens with one attached hydrogen (secondary N) is 1. The van der Waals surface area contributed by atoms with Crippen molar-refractivity contribution in [2.75, 3.05) is 5.32 Å². The molecule has 0 aromatic heterocycles. The second kappa shape index (κ2) is 5.91. The molecule has 0 saturated carbocycles. The monoisotopic (exact) mass is 335 g/mol. The summed E-state index contributed by atoms with van der Waals surface area (Å²) in [5.41, 5.74) is 0.262. The van der Waals surface area contributed by atoms with Gasteiger partial charge in [-0.1, -0.05) is 27.5 Å². The minimum absolute atomic E-state index is 0.244. The van der Waals surface area contributed by atoms with E-state index in [0.29, 0.717) is 20.7 Å². The van der Waals surface area contributed by atoms with E-state index >= 15 is 0 Å². The number of benzene rings is 1. The molecule has 0 aliphatic carbocycles. The van der Waals surface area contributed by atoms with Crippen LogP contribution in [0.1, 0.15) is 26.3 Å². The predicted octanol–water partition coefficient (Wildman–Crippen LogP) is 3.94. The highest BCUT2D eigenvalue weighted by Gasteiger charge is 2.19. The quantitative estimate of drug-likeness (QED) is 0.860. The largest absolute Gasteiger partial charge is 0.444 e. The molecule has 0 unspecified atom stereocenters. The lowest BCUT2D eigenvalue weighted by atomic mass is 10.2. The summed E-state index contributed by atoms with van der Waals surface area (Å²) in [7, 11) is 0. The molecule has 4 nitrogen and oxygen atoms in total. The SMILES string of the molecule is CC(C)(C)OC(=O)Nc1c(Cl)ccc(Br)c1CO. The minimum Gasteiger partial charge on any atom is -0.444 e.